The first-order chi connectivity index (χ1) is 16.5. The van der Waals surface area contributed by atoms with Gasteiger partial charge in [0.2, 0.25) is 11.5 Å². The van der Waals surface area contributed by atoms with Crippen LogP contribution >= 0.6 is 0 Å². The molecule has 0 spiro atoms. The smallest absolute Gasteiger partial charge is 0.349 e. The topological polar surface area (TPSA) is 97.6 Å². The molecule has 34 heavy (non-hydrogen) atoms. The summed E-state index contributed by atoms with van der Waals surface area (Å²) in [7, 11) is 0. The first-order valence-corrected chi connectivity index (χ1v) is 11.5. The largest absolute Gasteiger partial charge is 0.487 e. The first kappa shape index (κ1) is 23.7. The number of nitrogens with zero attached hydrogens (tertiary/aromatic N) is 4. The molecular weight excluding hydrogens is 436 g/mol. The standard InChI is InChI=1S/C25H30N4O5/c1-4-31-24(30)25(2,3)34-22-15-18(10-12-26-22)17-33-19-8-9-20(27-16-19)21-11-13-28-29(21)23-7-5-6-14-32-23/h8-13,15-16,23H,4-7,14,17H2,1-3H3. The van der Waals surface area contributed by atoms with Crippen LogP contribution < -0.4 is 9.47 Å². The predicted octanol–water partition coefficient (Wildman–Crippen LogP) is 4.34. The number of carbonyl (C=O) groups is 1. The predicted molar refractivity (Wildman–Crippen MR) is 124 cm³/mol. The minimum atomic E-state index is -1.14. The number of hydrogen-bond acceptors (Lipinski definition) is 8. The highest BCUT2D eigenvalue weighted by atomic mass is 16.6. The zero-order valence-corrected chi connectivity index (χ0v) is 19.8. The van der Waals surface area contributed by atoms with Gasteiger partial charge in [-0.2, -0.15) is 5.10 Å². The van der Waals surface area contributed by atoms with E-state index in [0.717, 1.165) is 42.8 Å². The van der Waals surface area contributed by atoms with Gasteiger partial charge in [0.1, 0.15) is 12.4 Å². The van der Waals surface area contributed by atoms with Crippen LogP contribution in [0.3, 0.4) is 0 Å². The Hall–Kier alpha value is -3.46. The van der Waals surface area contributed by atoms with Gasteiger partial charge < -0.3 is 18.9 Å². The number of rotatable bonds is 9. The monoisotopic (exact) mass is 466 g/mol. The summed E-state index contributed by atoms with van der Waals surface area (Å²) in [4.78, 5) is 20.8. The molecule has 3 aromatic heterocycles. The van der Waals surface area contributed by atoms with Gasteiger partial charge in [-0.1, -0.05) is 0 Å². The first-order valence-electron chi connectivity index (χ1n) is 11.5. The summed E-state index contributed by atoms with van der Waals surface area (Å²) < 4.78 is 24.5. The molecule has 1 saturated heterocycles. The van der Waals surface area contributed by atoms with Crippen LogP contribution in [0.25, 0.3) is 11.4 Å². The molecule has 4 heterocycles. The molecule has 4 rings (SSSR count). The van der Waals surface area contributed by atoms with Crippen molar-refractivity contribution < 1.29 is 23.7 Å². The molecule has 0 radical (unpaired) electrons. The molecule has 1 unspecified atom stereocenters. The van der Waals surface area contributed by atoms with Gasteiger partial charge in [-0.05, 0) is 69.9 Å². The SMILES string of the molecule is CCOC(=O)C(C)(C)Oc1cc(COc2ccc(-c3ccnn3C3CCCCO3)nc2)ccn1. The molecule has 0 N–H and O–H groups in total. The summed E-state index contributed by atoms with van der Waals surface area (Å²) in [6, 6.07) is 9.30. The Kier molecular flexibility index (Phi) is 7.42. The Bertz CT molecular complexity index is 1090. The minimum absolute atomic E-state index is 0.0478. The van der Waals surface area contributed by atoms with Gasteiger partial charge in [0.25, 0.3) is 0 Å². The Labute approximate surface area is 199 Å². The van der Waals surface area contributed by atoms with Gasteiger partial charge in [-0.25, -0.2) is 14.5 Å². The van der Waals surface area contributed by atoms with E-state index < -0.39 is 11.6 Å². The van der Waals surface area contributed by atoms with Crippen LogP contribution in [0.5, 0.6) is 11.6 Å². The Balaban J connectivity index is 1.38. The summed E-state index contributed by atoms with van der Waals surface area (Å²) in [5.74, 6) is 0.515. The lowest BCUT2D eigenvalue weighted by Crippen LogP contribution is -2.40. The van der Waals surface area contributed by atoms with Crippen molar-refractivity contribution in [3.8, 4) is 23.0 Å². The second-order valence-electron chi connectivity index (χ2n) is 8.49. The second kappa shape index (κ2) is 10.6. The minimum Gasteiger partial charge on any atom is -0.487 e. The molecule has 9 heteroatoms. The molecule has 0 aliphatic carbocycles. The van der Waals surface area contributed by atoms with Crippen LogP contribution in [-0.4, -0.2) is 44.5 Å². The van der Waals surface area contributed by atoms with Crippen molar-refractivity contribution in [1.82, 2.24) is 19.7 Å². The average Bonchev–Trinajstić information content (AvgIpc) is 3.34. The summed E-state index contributed by atoms with van der Waals surface area (Å²) in [6.45, 7) is 6.40. The van der Waals surface area contributed by atoms with E-state index in [0.29, 0.717) is 18.2 Å². The highest BCUT2D eigenvalue weighted by Crippen LogP contribution is 2.28. The molecule has 0 saturated carbocycles. The van der Waals surface area contributed by atoms with Crippen molar-refractivity contribution in [3.05, 3.63) is 54.5 Å². The molecular formula is C25H30N4O5. The Morgan fingerprint density at radius 2 is 2.06 bits per heavy atom. The highest BCUT2D eigenvalue weighted by Gasteiger charge is 2.32. The summed E-state index contributed by atoms with van der Waals surface area (Å²) in [5, 5.41) is 4.44. The van der Waals surface area contributed by atoms with Crippen molar-refractivity contribution in [2.24, 2.45) is 0 Å². The van der Waals surface area contributed by atoms with E-state index in [1.165, 1.54) is 0 Å². The van der Waals surface area contributed by atoms with Gasteiger partial charge >= 0.3 is 5.97 Å². The van der Waals surface area contributed by atoms with E-state index in [1.54, 1.807) is 45.4 Å². The second-order valence-corrected chi connectivity index (χ2v) is 8.49. The number of esters is 1. The van der Waals surface area contributed by atoms with Crippen molar-refractivity contribution >= 4 is 5.97 Å². The lowest BCUT2D eigenvalue weighted by atomic mass is 10.1. The number of hydrogen-bond donors (Lipinski definition) is 0. The van der Waals surface area contributed by atoms with Crippen LogP contribution in [0, 0.1) is 0 Å². The number of aromatic nitrogens is 4. The maximum Gasteiger partial charge on any atom is 0.349 e. The molecule has 3 aromatic rings. The zero-order valence-electron chi connectivity index (χ0n) is 19.8. The average molecular weight is 467 g/mol. The maximum atomic E-state index is 12.1. The number of ether oxygens (including phenoxy) is 4. The van der Waals surface area contributed by atoms with Gasteiger partial charge in [0.15, 0.2) is 6.23 Å². The number of pyridine rings is 2. The molecule has 0 bridgehead atoms. The Morgan fingerprint density at radius 1 is 1.18 bits per heavy atom. The normalized spacial score (nSPS) is 16.1. The van der Waals surface area contributed by atoms with Gasteiger partial charge in [-0.15, -0.1) is 0 Å². The van der Waals surface area contributed by atoms with Gasteiger partial charge in [0.05, 0.1) is 24.2 Å². The van der Waals surface area contributed by atoms with E-state index in [1.807, 2.05) is 28.9 Å². The van der Waals surface area contributed by atoms with Crippen molar-refractivity contribution in [1.29, 1.82) is 0 Å². The van der Waals surface area contributed by atoms with Crippen molar-refractivity contribution in [2.45, 2.75) is 58.5 Å². The lowest BCUT2D eigenvalue weighted by Gasteiger charge is -2.24. The van der Waals surface area contributed by atoms with Crippen LogP contribution in [-0.2, 0) is 20.9 Å². The molecule has 0 amide bonds. The summed E-state index contributed by atoms with van der Waals surface area (Å²) in [6.07, 6.45) is 8.20. The molecule has 1 atom stereocenters. The highest BCUT2D eigenvalue weighted by molar-refractivity contribution is 5.78. The van der Waals surface area contributed by atoms with Crippen LogP contribution in [0.15, 0.2) is 48.9 Å². The Morgan fingerprint density at radius 3 is 2.79 bits per heavy atom. The molecule has 1 aliphatic heterocycles. The van der Waals surface area contributed by atoms with Crippen LogP contribution in [0.1, 0.15) is 51.8 Å². The molecule has 9 nitrogen and oxygen atoms in total. The molecule has 0 aromatic carbocycles. The summed E-state index contributed by atoms with van der Waals surface area (Å²) in [5.41, 5.74) is 1.43. The quantitative estimate of drug-likeness (QED) is 0.430. The third kappa shape index (κ3) is 5.72. The van der Waals surface area contributed by atoms with Crippen molar-refractivity contribution in [2.75, 3.05) is 13.2 Å². The molecule has 180 valence electrons. The third-order valence-electron chi connectivity index (χ3n) is 5.43. The van der Waals surface area contributed by atoms with E-state index in [-0.39, 0.29) is 12.8 Å². The zero-order chi connectivity index (χ0) is 24.0. The molecule has 1 aliphatic rings. The van der Waals surface area contributed by atoms with Gasteiger partial charge in [-0.3, -0.25) is 4.98 Å². The fourth-order valence-electron chi connectivity index (χ4n) is 3.65. The van der Waals surface area contributed by atoms with Gasteiger partial charge in [0, 0.05) is 25.1 Å². The van der Waals surface area contributed by atoms with Crippen LogP contribution in [0.2, 0.25) is 0 Å². The number of carbonyl (C=O) groups excluding carboxylic acids is 1. The fourth-order valence-corrected chi connectivity index (χ4v) is 3.65. The van der Waals surface area contributed by atoms with E-state index in [2.05, 4.69) is 15.1 Å². The third-order valence-corrected chi connectivity index (χ3v) is 5.43. The summed E-state index contributed by atoms with van der Waals surface area (Å²) >= 11 is 0. The van der Waals surface area contributed by atoms with Crippen molar-refractivity contribution in [3.63, 3.8) is 0 Å². The van der Waals surface area contributed by atoms with E-state index in [9.17, 15) is 4.79 Å². The van der Waals surface area contributed by atoms with E-state index in [4.69, 9.17) is 18.9 Å². The lowest BCUT2D eigenvalue weighted by molar-refractivity contribution is -0.158. The van der Waals surface area contributed by atoms with Crippen LogP contribution in [0.4, 0.5) is 0 Å². The van der Waals surface area contributed by atoms with E-state index >= 15 is 0 Å². The maximum absolute atomic E-state index is 12.1. The fraction of sp³-hybridized carbons (Fsp3) is 0.440. The molecule has 1 fully saturated rings.